The van der Waals surface area contributed by atoms with E-state index in [1.807, 2.05) is 6.07 Å². The summed E-state index contributed by atoms with van der Waals surface area (Å²) in [7, 11) is 1.78. The summed E-state index contributed by atoms with van der Waals surface area (Å²) >= 11 is 0. The number of hydrogen-bond acceptors (Lipinski definition) is 4. The summed E-state index contributed by atoms with van der Waals surface area (Å²) in [5, 5.41) is 12.0. The Morgan fingerprint density at radius 3 is 2.82 bits per heavy atom. The van der Waals surface area contributed by atoms with Crippen LogP contribution in [0.15, 0.2) is 18.3 Å². The molecule has 1 N–H and O–H groups in total. The lowest BCUT2D eigenvalue weighted by Gasteiger charge is -2.40. The summed E-state index contributed by atoms with van der Waals surface area (Å²) in [4.78, 5) is 4.21. The Hall–Kier alpha value is -1.44. The van der Waals surface area contributed by atoms with E-state index < -0.39 is 0 Å². The second-order valence-corrected chi connectivity index (χ2v) is 4.49. The maximum absolute atomic E-state index is 8.66. The number of nitrogens with zero attached hydrogens (tertiary/aromatic N) is 2. The van der Waals surface area contributed by atoms with Crippen LogP contribution in [0.1, 0.15) is 30.5 Å². The second-order valence-electron chi connectivity index (χ2n) is 4.49. The number of rotatable bonds is 5. The van der Waals surface area contributed by atoms with Crippen molar-refractivity contribution in [1.82, 2.24) is 10.3 Å². The SMILES string of the molecule is COC1(CNCc2ccc(C#N)cn2)CCC1. The highest BCUT2D eigenvalue weighted by Crippen LogP contribution is 2.34. The average Bonchev–Trinajstić information content (AvgIpc) is 2.33. The molecule has 1 heterocycles. The first-order valence-electron chi connectivity index (χ1n) is 5.89. The van der Waals surface area contributed by atoms with Crippen molar-refractivity contribution in [3.8, 4) is 6.07 Å². The fraction of sp³-hybridized carbons (Fsp3) is 0.538. The molecule has 1 aromatic rings. The fourth-order valence-corrected chi connectivity index (χ4v) is 2.04. The third-order valence-electron chi connectivity index (χ3n) is 3.40. The number of ether oxygens (including phenoxy) is 1. The molecule has 1 aliphatic carbocycles. The number of nitriles is 1. The molecule has 2 rings (SSSR count). The van der Waals surface area contributed by atoms with E-state index >= 15 is 0 Å². The molecule has 4 nitrogen and oxygen atoms in total. The number of nitrogens with one attached hydrogen (secondary N) is 1. The molecular weight excluding hydrogens is 214 g/mol. The molecule has 0 aromatic carbocycles. The molecule has 0 radical (unpaired) electrons. The zero-order valence-electron chi connectivity index (χ0n) is 10.1. The van der Waals surface area contributed by atoms with Gasteiger partial charge in [0.25, 0.3) is 0 Å². The van der Waals surface area contributed by atoms with Gasteiger partial charge in [-0.05, 0) is 31.4 Å². The fourth-order valence-electron chi connectivity index (χ4n) is 2.04. The van der Waals surface area contributed by atoms with Crippen molar-refractivity contribution in [3.05, 3.63) is 29.6 Å². The largest absolute Gasteiger partial charge is 0.377 e. The standard InChI is InChI=1S/C13H17N3O/c1-17-13(5-2-6-13)10-15-9-12-4-3-11(7-14)8-16-12/h3-4,8,15H,2,5-6,9-10H2,1H3. The third-order valence-corrected chi connectivity index (χ3v) is 3.40. The molecule has 4 heteroatoms. The van der Waals surface area contributed by atoms with Gasteiger partial charge in [-0.1, -0.05) is 0 Å². The third kappa shape index (κ3) is 2.82. The van der Waals surface area contributed by atoms with Crippen molar-refractivity contribution in [2.75, 3.05) is 13.7 Å². The van der Waals surface area contributed by atoms with Crippen LogP contribution in [0.4, 0.5) is 0 Å². The molecule has 0 unspecified atom stereocenters. The lowest BCUT2D eigenvalue weighted by molar-refractivity contribution is -0.0695. The molecule has 0 atom stereocenters. The minimum absolute atomic E-state index is 0.0482. The molecule has 1 fully saturated rings. The van der Waals surface area contributed by atoms with Crippen LogP contribution in [0.25, 0.3) is 0 Å². The van der Waals surface area contributed by atoms with Gasteiger partial charge in [0.15, 0.2) is 0 Å². The van der Waals surface area contributed by atoms with Gasteiger partial charge in [-0.25, -0.2) is 0 Å². The summed E-state index contributed by atoms with van der Waals surface area (Å²) in [6.45, 7) is 1.59. The molecule has 1 saturated carbocycles. The smallest absolute Gasteiger partial charge is 0.101 e. The summed E-state index contributed by atoms with van der Waals surface area (Å²) in [5.74, 6) is 0. The summed E-state index contributed by atoms with van der Waals surface area (Å²) < 4.78 is 5.52. The lowest BCUT2D eigenvalue weighted by atomic mass is 9.80. The summed E-state index contributed by atoms with van der Waals surface area (Å²) in [5.41, 5.74) is 1.60. The van der Waals surface area contributed by atoms with Gasteiger partial charge < -0.3 is 10.1 Å². The molecular formula is C13H17N3O. The highest BCUT2D eigenvalue weighted by atomic mass is 16.5. The van der Waals surface area contributed by atoms with Gasteiger partial charge in [0.2, 0.25) is 0 Å². The summed E-state index contributed by atoms with van der Waals surface area (Å²) in [6.07, 6.45) is 5.13. The Kier molecular flexibility index (Phi) is 3.72. The van der Waals surface area contributed by atoms with E-state index in [2.05, 4.69) is 16.4 Å². The van der Waals surface area contributed by atoms with Crippen LogP contribution in [0.2, 0.25) is 0 Å². The van der Waals surface area contributed by atoms with E-state index in [-0.39, 0.29) is 5.60 Å². The van der Waals surface area contributed by atoms with Gasteiger partial charge in [0.05, 0.1) is 16.9 Å². The van der Waals surface area contributed by atoms with Crippen molar-refractivity contribution in [3.63, 3.8) is 0 Å². The molecule has 0 spiro atoms. The van der Waals surface area contributed by atoms with Crippen LogP contribution in [-0.4, -0.2) is 24.2 Å². The number of hydrogen-bond donors (Lipinski definition) is 1. The highest BCUT2D eigenvalue weighted by Gasteiger charge is 2.36. The van der Waals surface area contributed by atoms with E-state index in [1.54, 1.807) is 19.4 Å². The van der Waals surface area contributed by atoms with Crippen molar-refractivity contribution < 1.29 is 4.74 Å². The van der Waals surface area contributed by atoms with E-state index in [0.717, 1.165) is 31.6 Å². The van der Waals surface area contributed by atoms with Crippen molar-refractivity contribution in [2.24, 2.45) is 0 Å². The van der Waals surface area contributed by atoms with Crippen LogP contribution < -0.4 is 5.32 Å². The normalized spacial score (nSPS) is 17.2. The monoisotopic (exact) mass is 231 g/mol. The molecule has 0 saturated heterocycles. The predicted molar refractivity (Wildman–Crippen MR) is 64.2 cm³/mol. The lowest BCUT2D eigenvalue weighted by Crippen LogP contribution is -2.47. The quantitative estimate of drug-likeness (QED) is 0.836. The zero-order chi connectivity index (χ0) is 12.1. The first-order chi connectivity index (χ1) is 8.28. The molecule has 0 bridgehead atoms. The van der Waals surface area contributed by atoms with Gasteiger partial charge in [-0.2, -0.15) is 5.26 Å². The first kappa shape index (κ1) is 12.0. The van der Waals surface area contributed by atoms with Crippen LogP contribution in [0, 0.1) is 11.3 Å². The van der Waals surface area contributed by atoms with Crippen molar-refractivity contribution in [2.45, 2.75) is 31.4 Å². The maximum atomic E-state index is 8.66. The van der Waals surface area contributed by atoms with Crippen molar-refractivity contribution in [1.29, 1.82) is 5.26 Å². The minimum atomic E-state index is 0.0482. The van der Waals surface area contributed by atoms with Gasteiger partial charge in [0, 0.05) is 26.4 Å². The topological polar surface area (TPSA) is 57.9 Å². The van der Waals surface area contributed by atoms with Crippen LogP contribution >= 0.6 is 0 Å². The summed E-state index contributed by atoms with van der Waals surface area (Å²) in [6, 6.07) is 5.73. The Balaban J connectivity index is 1.80. The first-order valence-corrected chi connectivity index (χ1v) is 5.89. The Morgan fingerprint density at radius 1 is 1.53 bits per heavy atom. The highest BCUT2D eigenvalue weighted by molar-refractivity contribution is 5.26. The predicted octanol–water partition coefficient (Wildman–Crippen LogP) is 1.61. The molecule has 0 amide bonds. The van der Waals surface area contributed by atoms with Gasteiger partial charge in [0.1, 0.15) is 6.07 Å². The van der Waals surface area contributed by atoms with Crippen LogP contribution in [0.5, 0.6) is 0 Å². The Labute approximate surface area is 102 Å². The average molecular weight is 231 g/mol. The Bertz CT molecular complexity index is 398. The minimum Gasteiger partial charge on any atom is -0.377 e. The van der Waals surface area contributed by atoms with E-state index in [4.69, 9.17) is 10.00 Å². The number of aromatic nitrogens is 1. The van der Waals surface area contributed by atoms with E-state index in [0.29, 0.717) is 5.56 Å². The van der Waals surface area contributed by atoms with Crippen LogP contribution in [0.3, 0.4) is 0 Å². The van der Waals surface area contributed by atoms with E-state index in [9.17, 15) is 0 Å². The molecule has 90 valence electrons. The van der Waals surface area contributed by atoms with E-state index in [1.165, 1.54) is 6.42 Å². The molecule has 1 aromatic heterocycles. The molecule has 17 heavy (non-hydrogen) atoms. The second kappa shape index (κ2) is 5.26. The maximum Gasteiger partial charge on any atom is 0.101 e. The Morgan fingerprint density at radius 2 is 2.35 bits per heavy atom. The molecule has 0 aliphatic heterocycles. The zero-order valence-corrected chi connectivity index (χ0v) is 10.1. The van der Waals surface area contributed by atoms with Crippen LogP contribution in [-0.2, 0) is 11.3 Å². The van der Waals surface area contributed by atoms with Gasteiger partial charge in [-0.15, -0.1) is 0 Å². The van der Waals surface area contributed by atoms with Gasteiger partial charge >= 0.3 is 0 Å². The number of methoxy groups -OCH3 is 1. The molecule has 1 aliphatic rings. The van der Waals surface area contributed by atoms with Crippen molar-refractivity contribution >= 4 is 0 Å². The van der Waals surface area contributed by atoms with Gasteiger partial charge in [-0.3, -0.25) is 4.98 Å². The number of pyridine rings is 1.